The van der Waals surface area contributed by atoms with Crippen molar-refractivity contribution >= 4 is 15.7 Å². The van der Waals surface area contributed by atoms with E-state index in [-0.39, 0.29) is 5.96 Å². The summed E-state index contributed by atoms with van der Waals surface area (Å²) in [6.07, 6.45) is 0. The minimum Gasteiger partial charge on any atom is -0.367 e. The average molecular weight is 257 g/mol. The largest absolute Gasteiger partial charge is 0.367 e. The highest BCUT2D eigenvalue weighted by molar-refractivity contribution is 7.94. The first-order chi connectivity index (χ1) is 8.70. The van der Waals surface area contributed by atoms with E-state index in [1.54, 1.807) is 24.3 Å². The summed E-state index contributed by atoms with van der Waals surface area (Å²) in [6.45, 7) is 0. The first-order valence-corrected chi connectivity index (χ1v) is 6.97. The van der Waals surface area contributed by atoms with E-state index in [2.05, 4.69) is 9.39 Å². The number of benzene rings is 2. The molecular formula is C13H11N3OS. The Morgan fingerprint density at radius 1 is 0.944 bits per heavy atom. The van der Waals surface area contributed by atoms with Gasteiger partial charge in [-0.25, -0.2) is 9.20 Å². The molecule has 90 valence electrons. The lowest BCUT2D eigenvalue weighted by Crippen LogP contribution is -2.23. The van der Waals surface area contributed by atoms with Crippen LogP contribution in [-0.2, 0) is 9.71 Å². The van der Waals surface area contributed by atoms with Gasteiger partial charge in [0.2, 0.25) is 5.96 Å². The van der Waals surface area contributed by atoms with Gasteiger partial charge < -0.3 is 5.73 Å². The van der Waals surface area contributed by atoms with Crippen LogP contribution in [0.1, 0.15) is 0 Å². The Balaban J connectivity index is 2.56. The zero-order valence-corrected chi connectivity index (χ0v) is 10.3. The quantitative estimate of drug-likeness (QED) is 0.778. The second-order valence-electron chi connectivity index (χ2n) is 3.87. The van der Waals surface area contributed by atoms with E-state index in [9.17, 15) is 4.21 Å². The van der Waals surface area contributed by atoms with Crippen LogP contribution in [-0.4, -0.2) is 10.2 Å². The minimum atomic E-state index is -2.71. The van der Waals surface area contributed by atoms with Crippen LogP contribution in [0.3, 0.4) is 0 Å². The molecule has 0 aliphatic carbocycles. The fraction of sp³-hybridized carbons (Fsp3) is 0. The molecule has 3 rings (SSSR count). The SMILES string of the molecule is NC1=NS(=O)(c2ccccc2)=c2ccccc2=N1. The van der Waals surface area contributed by atoms with Crippen LogP contribution >= 0.6 is 0 Å². The highest BCUT2D eigenvalue weighted by atomic mass is 32.2. The standard InChI is InChI=1S/C13H11N3OS/c14-13-15-11-8-4-5-9-12(11)18(17,16-13)10-6-2-1-3-7-10/h1-9H,(H2,14,15,16,17). The van der Waals surface area contributed by atoms with Gasteiger partial charge in [0.1, 0.15) is 9.71 Å². The second kappa shape index (κ2) is 3.96. The minimum absolute atomic E-state index is 0.0579. The van der Waals surface area contributed by atoms with E-state index >= 15 is 0 Å². The molecule has 2 N–H and O–H groups in total. The molecular weight excluding hydrogens is 246 g/mol. The predicted molar refractivity (Wildman–Crippen MR) is 70.9 cm³/mol. The molecule has 0 amide bonds. The maximum Gasteiger partial charge on any atom is 0.229 e. The molecule has 4 nitrogen and oxygen atoms in total. The van der Waals surface area contributed by atoms with Gasteiger partial charge in [-0.05, 0) is 24.3 Å². The molecule has 5 heteroatoms. The van der Waals surface area contributed by atoms with Gasteiger partial charge in [-0.2, -0.15) is 4.40 Å². The first kappa shape index (κ1) is 11.0. The number of para-hydroxylation sites is 1. The van der Waals surface area contributed by atoms with Crippen LogP contribution in [0.25, 0.3) is 0 Å². The highest BCUT2D eigenvalue weighted by Crippen LogP contribution is 2.16. The van der Waals surface area contributed by atoms with Crippen LogP contribution in [0, 0.1) is 4.51 Å². The van der Waals surface area contributed by atoms with Crippen molar-refractivity contribution in [3.63, 3.8) is 0 Å². The Morgan fingerprint density at radius 3 is 2.39 bits per heavy atom. The van der Waals surface area contributed by atoms with Gasteiger partial charge in [0.15, 0.2) is 0 Å². The molecule has 1 unspecified atom stereocenters. The number of hydrogen-bond donors (Lipinski definition) is 1. The third-order valence-electron chi connectivity index (χ3n) is 2.68. The van der Waals surface area contributed by atoms with E-state index in [0.717, 1.165) is 0 Å². The van der Waals surface area contributed by atoms with E-state index in [1.165, 1.54) is 0 Å². The number of guanidine groups is 1. The van der Waals surface area contributed by atoms with Gasteiger partial charge in [-0.15, -0.1) is 0 Å². The van der Waals surface area contributed by atoms with Crippen LogP contribution in [0.4, 0.5) is 0 Å². The molecule has 2 aromatic carbocycles. The van der Waals surface area contributed by atoms with E-state index < -0.39 is 9.71 Å². The Labute approximate surface area is 105 Å². The van der Waals surface area contributed by atoms with Gasteiger partial charge in [-0.3, -0.25) is 0 Å². The first-order valence-electron chi connectivity index (χ1n) is 5.46. The summed E-state index contributed by atoms with van der Waals surface area (Å²) in [4.78, 5) is 4.76. The summed E-state index contributed by atoms with van der Waals surface area (Å²) < 4.78 is 17.8. The summed E-state index contributed by atoms with van der Waals surface area (Å²) in [7, 11) is -2.71. The van der Waals surface area contributed by atoms with Gasteiger partial charge in [0, 0.05) is 0 Å². The molecule has 1 aliphatic rings. The van der Waals surface area contributed by atoms with Gasteiger partial charge in [-0.1, -0.05) is 30.3 Å². The molecule has 0 fully saturated rings. The third-order valence-corrected chi connectivity index (χ3v) is 4.98. The highest BCUT2D eigenvalue weighted by Gasteiger charge is 2.15. The van der Waals surface area contributed by atoms with Crippen molar-refractivity contribution in [1.82, 2.24) is 0 Å². The molecule has 0 bridgehead atoms. The number of fused-ring (bicyclic) bond motifs is 1. The number of nitrogens with two attached hydrogens (primary N) is 1. The zero-order chi connectivity index (χ0) is 12.6. The number of hydrogen-bond acceptors (Lipinski definition) is 3. The Bertz CT molecular complexity index is 834. The van der Waals surface area contributed by atoms with Crippen molar-refractivity contribution in [2.24, 2.45) is 15.1 Å². The normalized spacial score (nSPS) is 21.7. The molecule has 18 heavy (non-hydrogen) atoms. The van der Waals surface area contributed by atoms with Crippen molar-refractivity contribution in [2.45, 2.75) is 4.90 Å². The second-order valence-corrected chi connectivity index (χ2v) is 6.01. The monoisotopic (exact) mass is 257 g/mol. The van der Waals surface area contributed by atoms with Gasteiger partial charge in [0.05, 0.1) is 14.8 Å². The summed E-state index contributed by atoms with van der Waals surface area (Å²) in [6, 6.07) is 16.4. The fourth-order valence-corrected chi connectivity index (χ4v) is 3.84. The van der Waals surface area contributed by atoms with Gasteiger partial charge in [0.25, 0.3) is 0 Å². The molecule has 0 spiro atoms. The van der Waals surface area contributed by atoms with Crippen molar-refractivity contribution < 1.29 is 4.21 Å². The molecule has 0 radical (unpaired) electrons. The lowest BCUT2D eigenvalue weighted by Gasteiger charge is -2.10. The molecule has 0 aromatic heterocycles. The van der Waals surface area contributed by atoms with Gasteiger partial charge >= 0.3 is 0 Å². The van der Waals surface area contributed by atoms with Crippen LogP contribution < -0.4 is 11.1 Å². The third kappa shape index (κ3) is 1.60. The van der Waals surface area contributed by atoms with Crippen molar-refractivity contribution in [1.29, 1.82) is 0 Å². The topological polar surface area (TPSA) is 67.8 Å². The molecule has 1 heterocycles. The maximum absolute atomic E-state index is 13.1. The maximum atomic E-state index is 13.1. The van der Waals surface area contributed by atoms with E-state index in [1.807, 2.05) is 30.3 Å². The molecule has 2 aromatic rings. The number of rotatable bonds is 1. The summed E-state index contributed by atoms with van der Waals surface area (Å²) in [5.74, 6) is 0.0579. The predicted octanol–water partition coefficient (Wildman–Crippen LogP) is 1.14. The fourth-order valence-electron chi connectivity index (χ4n) is 1.89. The number of nitrogens with zero attached hydrogens (tertiary/aromatic N) is 2. The van der Waals surface area contributed by atoms with Crippen LogP contribution in [0.5, 0.6) is 0 Å². The van der Waals surface area contributed by atoms with Crippen LogP contribution in [0.2, 0.25) is 0 Å². The molecule has 0 saturated heterocycles. The summed E-state index contributed by atoms with van der Waals surface area (Å²) >= 11 is 0. The molecule has 0 saturated carbocycles. The lowest BCUT2D eigenvalue weighted by molar-refractivity contribution is 0.679. The molecule has 1 aliphatic heterocycles. The zero-order valence-electron chi connectivity index (χ0n) is 9.48. The van der Waals surface area contributed by atoms with Crippen molar-refractivity contribution in [2.75, 3.05) is 0 Å². The lowest BCUT2D eigenvalue weighted by atomic mass is 10.3. The average Bonchev–Trinajstić information content (AvgIpc) is 2.39. The Morgan fingerprint density at radius 2 is 1.61 bits per heavy atom. The summed E-state index contributed by atoms with van der Waals surface area (Å²) in [5.41, 5.74) is 5.67. The summed E-state index contributed by atoms with van der Waals surface area (Å²) in [5, 5.41) is 0.624. The van der Waals surface area contributed by atoms with Crippen LogP contribution in [0.15, 0.2) is 68.9 Å². The Kier molecular flexibility index (Phi) is 2.41. The van der Waals surface area contributed by atoms with Crippen molar-refractivity contribution in [3.05, 3.63) is 64.5 Å². The smallest absolute Gasteiger partial charge is 0.229 e. The van der Waals surface area contributed by atoms with E-state index in [0.29, 0.717) is 14.8 Å². The Hall–Kier alpha value is -2.14. The van der Waals surface area contributed by atoms with Crippen molar-refractivity contribution in [3.8, 4) is 0 Å². The van der Waals surface area contributed by atoms with E-state index in [4.69, 9.17) is 5.73 Å². The molecule has 1 atom stereocenters.